The number of methoxy groups -OCH3 is 1. The minimum atomic E-state index is -4.86. The van der Waals surface area contributed by atoms with Crippen LogP contribution in [0.1, 0.15) is 18.1 Å². The van der Waals surface area contributed by atoms with Crippen LogP contribution in [0.5, 0.6) is 11.5 Å². The molecule has 0 bridgehead atoms. The minimum Gasteiger partial charge on any atom is -0.493 e. The summed E-state index contributed by atoms with van der Waals surface area (Å²) < 4.78 is 76.8. The van der Waals surface area contributed by atoms with Gasteiger partial charge in [-0.15, -0.1) is 0 Å². The van der Waals surface area contributed by atoms with Gasteiger partial charge in [-0.05, 0) is 42.8 Å². The summed E-state index contributed by atoms with van der Waals surface area (Å²) in [6, 6.07) is 7.37. The van der Waals surface area contributed by atoms with Crippen LogP contribution in [-0.2, 0) is 22.7 Å². The van der Waals surface area contributed by atoms with Crippen molar-refractivity contribution in [2.24, 2.45) is 0 Å². The fraction of sp³-hybridized carbons (Fsp3) is 0.333. The number of hydrogen-bond donors (Lipinski definition) is 0. The second kappa shape index (κ2) is 8.59. The predicted molar refractivity (Wildman–Crippen MR) is 99.3 cm³/mol. The summed E-state index contributed by atoms with van der Waals surface area (Å²) in [5.74, 6) is 0.879. The van der Waals surface area contributed by atoms with Crippen molar-refractivity contribution in [1.82, 2.24) is 4.31 Å². The van der Waals surface area contributed by atoms with Crippen molar-refractivity contribution in [2.45, 2.75) is 24.5 Å². The average Bonchev–Trinajstić information content (AvgIpc) is 2.62. The topological polar surface area (TPSA) is 55.8 Å². The number of nitrogens with zero attached hydrogens (tertiary/aromatic N) is 1. The molecule has 2 rings (SSSR count). The van der Waals surface area contributed by atoms with Crippen molar-refractivity contribution < 1.29 is 31.1 Å². The lowest BCUT2D eigenvalue weighted by molar-refractivity contribution is -0.139. The van der Waals surface area contributed by atoms with Gasteiger partial charge in [0.25, 0.3) is 0 Å². The molecule has 0 aromatic heterocycles. The molecule has 2 aromatic carbocycles. The van der Waals surface area contributed by atoms with Crippen LogP contribution in [0.15, 0.2) is 41.3 Å². The van der Waals surface area contributed by atoms with Crippen molar-refractivity contribution >= 4 is 21.6 Å². The molecule has 0 radical (unpaired) electrons. The molecule has 154 valence electrons. The summed E-state index contributed by atoms with van der Waals surface area (Å²) in [6.07, 6.45) is -4.86. The lowest BCUT2D eigenvalue weighted by atomic mass is 10.2. The molecule has 0 aliphatic carbocycles. The number of alkyl halides is 3. The van der Waals surface area contributed by atoms with E-state index in [2.05, 4.69) is 0 Å². The van der Waals surface area contributed by atoms with Crippen molar-refractivity contribution in [3.8, 4) is 11.5 Å². The maximum Gasteiger partial charge on any atom is 0.417 e. The van der Waals surface area contributed by atoms with E-state index in [1.165, 1.54) is 14.2 Å². The maximum atomic E-state index is 13.3. The van der Waals surface area contributed by atoms with Crippen LogP contribution in [0.25, 0.3) is 0 Å². The highest BCUT2D eigenvalue weighted by atomic mass is 35.5. The minimum absolute atomic E-state index is 0.162. The van der Waals surface area contributed by atoms with E-state index in [0.29, 0.717) is 29.7 Å². The number of sulfonamides is 1. The van der Waals surface area contributed by atoms with Gasteiger partial charge in [0.05, 0.1) is 24.2 Å². The van der Waals surface area contributed by atoms with Crippen LogP contribution < -0.4 is 9.47 Å². The van der Waals surface area contributed by atoms with E-state index in [1.807, 2.05) is 0 Å². The third-order valence-corrected chi connectivity index (χ3v) is 5.96. The first-order valence-electron chi connectivity index (χ1n) is 8.13. The predicted octanol–water partition coefficient (Wildman–Crippen LogP) is 4.59. The summed E-state index contributed by atoms with van der Waals surface area (Å²) in [4.78, 5) is -0.857. The molecular formula is C18H19ClF3NO4S. The third kappa shape index (κ3) is 4.89. The third-order valence-electron chi connectivity index (χ3n) is 3.87. The van der Waals surface area contributed by atoms with Gasteiger partial charge in [-0.3, -0.25) is 0 Å². The zero-order chi connectivity index (χ0) is 21.1. The summed E-state index contributed by atoms with van der Waals surface area (Å²) in [7, 11) is -1.79. The molecule has 0 unspecified atom stereocenters. The van der Waals surface area contributed by atoms with E-state index in [9.17, 15) is 21.6 Å². The van der Waals surface area contributed by atoms with Gasteiger partial charge in [-0.25, -0.2) is 8.42 Å². The molecule has 2 aromatic rings. The van der Waals surface area contributed by atoms with Gasteiger partial charge < -0.3 is 9.47 Å². The summed E-state index contributed by atoms with van der Waals surface area (Å²) in [5.41, 5.74) is -0.787. The van der Waals surface area contributed by atoms with Gasteiger partial charge in [0.15, 0.2) is 11.5 Å². The SMILES string of the molecule is CCOc1ccc(CN(C)S(=O)(=O)c2ccc(Cl)cc2C(F)(F)F)cc1OC. The van der Waals surface area contributed by atoms with Crippen LogP contribution in [0, 0.1) is 0 Å². The zero-order valence-corrected chi connectivity index (χ0v) is 17.0. The smallest absolute Gasteiger partial charge is 0.417 e. The average molecular weight is 438 g/mol. The molecule has 0 saturated carbocycles. The van der Waals surface area contributed by atoms with E-state index in [0.717, 1.165) is 16.4 Å². The Labute approximate surface area is 166 Å². The van der Waals surface area contributed by atoms with Crippen molar-refractivity contribution in [1.29, 1.82) is 0 Å². The number of ether oxygens (including phenoxy) is 2. The number of hydrogen-bond acceptors (Lipinski definition) is 4. The Kier molecular flexibility index (Phi) is 6.84. The highest BCUT2D eigenvalue weighted by Gasteiger charge is 2.38. The molecule has 0 heterocycles. The molecule has 0 N–H and O–H groups in total. The largest absolute Gasteiger partial charge is 0.493 e. The van der Waals surface area contributed by atoms with Gasteiger partial charge >= 0.3 is 6.18 Å². The summed E-state index contributed by atoms with van der Waals surface area (Å²) in [6.45, 7) is 2.06. The Hall–Kier alpha value is -1.97. The van der Waals surface area contributed by atoms with Gasteiger partial charge in [0, 0.05) is 18.6 Å². The first kappa shape index (κ1) is 22.3. The lowest BCUT2D eigenvalue weighted by Gasteiger charge is -2.21. The van der Waals surface area contributed by atoms with Crippen LogP contribution in [-0.4, -0.2) is 33.5 Å². The molecule has 0 saturated heterocycles. The Morgan fingerprint density at radius 3 is 2.36 bits per heavy atom. The van der Waals surface area contributed by atoms with E-state index in [4.69, 9.17) is 21.1 Å². The summed E-state index contributed by atoms with van der Waals surface area (Å²) >= 11 is 5.62. The second-order valence-corrected chi connectivity index (χ2v) is 8.27. The lowest BCUT2D eigenvalue weighted by Crippen LogP contribution is -2.28. The molecular weight excluding hydrogens is 419 g/mol. The Balaban J connectivity index is 2.38. The van der Waals surface area contributed by atoms with Gasteiger partial charge in [0.2, 0.25) is 10.0 Å². The highest BCUT2D eigenvalue weighted by molar-refractivity contribution is 7.89. The number of rotatable bonds is 7. The molecule has 0 spiro atoms. The molecule has 0 fully saturated rings. The van der Waals surface area contributed by atoms with E-state index in [1.54, 1.807) is 25.1 Å². The van der Waals surface area contributed by atoms with Crippen LogP contribution in [0.2, 0.25) is 5.02 Å². The molecule has 0 aliphatic rings. The fourth-order valence-electron chi connectivity index (χ4n) is 2.54. The first-order chi connectivity index (χ1) is 13.0. The van der Waals surface area contributed by atoms with E-state index in [-0.39, 0.29) is 11.6 Å². The van der Waals surface area contributed by atoms with Crippen LogP contribution in [0.3, 0.4) is 0 Å². The van der Waals surface area contributed by atoms with Crippen molar-refractivity contribution in [3.05, 3.63) is 52.5 Å². The molecule has 10 heteroatoms. The van der Waals surface area contributed by atoms with Gasteiger partial charge in [0.1, 0.15) is 0 Å². The summed E-state index contributed by atoms with van der Waals surface area (Å²) in [5, 5.41) is -0.204. The van der Waals surface area contributed by atoms with Crippen LogP contribution in [0.4, 0.5) is 13.2 Å². The van der Waals surface area contributed by atoms with Crippen molar-refractivity contribution in [3.63, 3.8) is 0 Å². The Bertz CT molecular complexity index is 948. The molecule has 0 amide bonds. The highest BCUT2D eigenvalue weighted by Crippen LogP contribution is 2.37. The quantitative estimate of drug-likeness (QED) is 0.636. The van der Waals surface area contributed by atoms with Crippen LogP contribution >= 0.6 is 11.6 Å². The number of benzene rings is 2. The Morgan fingerprint density at radius 2 is 1.79 bits per heavy atom. The normalized spacial score (nSPS) is 12.3. The van der Waals surface area contributed by atoms with E-state index < -0.39 is 26.7 Å². The maximum absolute atomic E-state index is 13.3. The second-order valence-electron chi connectivity index (χ2n) is 5.82. The molecule has 0 atom stereocenters. The molecule has 0 aliphatic heterocycles. The molecule has 28 heavy (non-hydrogen) atoms. The number of halogens is 4. The van der Waals surface area contributed by atoms with E-state index >= 15 is 0 Å². The zero-order valence-electron chi connectivity index (χ0n) is 15.4. The van der Waals surface area contributed by atoms with Gasteiger partial charge in [-0.1, -0.05) is 17.7 Å². The first-order valence-corrected chi connectivity index (χ1v) is 9.95. The van der Waals surface area contributed by atoms with Crippen molar-refractivity contribution in [2.75, 3.05) is 20.8 Å². The molecule has 5 nitrogen and oxygen atoms in total. The standard InChI is InChI=1S/C18H19ClF3NO4S/c1-4-27-15-7-5-12(9-16(15)26-3)11-23(2)28(24,25)17-8-6-13(19)10-14(17)18(20,21)22/h5-10H,4,11H2,1-3H3. The fourth-order valence-corrected chi connectivity index (χ4v) is 4.06. The monoisotopic (exact) mass is 437 g/mol. The van der Waals surface area contributed by atoms with Gasteiger partial charge in [-0.2, -0.15) is 17.5 Å². The Morgan fingerprint density at radius 1 is 1.11 bits per heavy atom.